The average Bonchev–Trinajstić information content (AvgIpc) is 3.34. The molecule has 5 nitrogen and oxygen atoms in total. The molecular formula is C21H23N3O2S. The van der Waals surface area contributed by atoms with Gasteiger partial charge in [-0.2, -0.15) is 0 Å². The molecule has 0 spiro atoms. The molecule has 6 heteroatoms. The maximum atomic E-state index is 12.5. The molecule has 1 aromatic heterocycles. The van der Waals surface area contributed by atoms with Gasteiger partial charge in [-0.3, -0.25) is 9.36 Å². The number of nitrogens with zero attached hydrogens (tertiary/aromatic N) is 2. The van der Waals surface area contributed by atoms with Crippen molar-refractivity contribution in [2.75, 3.05) is 13.2 Å². The molecule has 1 aliphatic rings. The number of carbonyl (C=O) groups is 1. The van der Waals surface area contributed by atoms with Crippen LogP contribution in [0, 0.1) is 0 Å². The van der Waals surface area contributed by atoms with Crippen LogP contribution in [0.5, 0.6) is 0 Å². The van der Waals surface area contributed by atoms with E-state index in [0.29, 0.717) is 6.54 Å². The summed E-state index contributed by atoms with van der Waals surface area (Å²) in [6.07, 6.45) is 2.25. The maximum absolute atomic E-state index is 12.5. The molecule has 140 valence electrons. The molecule has 1 aliphatic heterocycles. The number of benzene rings is 2. The van der Waals surface area contributed by atoms with Crippen LogP contribution >= 0.6 is 11.8 Å². The molecule has 2 aromatic carbocycles. The zero-order chi connectivity index (χ0) is 18.6. The van der Waals surface area contributed by atoms with E-state index in [1.807, 2.05) is 43.3 Å². The van der Waals surface area contributed by atoms with E-state index < -0.39 is 0 Å². The van der Waals surface area contributed by atoms with Crippen molar-refractivity contribution in [3.05, 3.63) is 54.6 Å². The van der Waals surface area contributed by atoms with Gasteiger partial charge < -0.3 is 10.1 Å². The highest BCUT2D eigenvalue weighted by atomic mass is 32.2. The highest BCUT2D eigenvalue weighted by Crippen LogP contribution is 2.30. The van der Waals surface area contributed by atoms with Crippen molar-refractivity contribution in [1.82, 2.24) is 14.9 Å². The fourth-order valence-corrected chi connectivity index (χ4v) is 4.25. The number of aromatic nitrogens is 2. The van der Waals surface area contributed by atoms with Gasteiger partial charge in [-0.1, -0.05) is 42.1 Å². The van der Waals surface area contributed by atoms with Gasteiger partial charge in [0.05, 0.1) is 22.4 Å². The van der Waals surface area contributed by atoms with E-state index >= 15 is 0 Å². The highest BCUT2D eigenvalue weighted by Gasteiger charge is 2.22. The molecule has 1 saturated heterocycles. The number of para-hydroxylation sites is 3. The lowest BCUT2D eigenvalue weighted by Gasteiger charge is -2.15. The topological polar surface area (TPSA) is 56.2 Å². The lowest BCUT2D eigenvalue weighted by molar-refractivity contribution is -0.120. The monoisotopic (exact) mass is 381 g/mol. The van der Waals surface area contributed by atoms with Gasteiger partial charge in [0.15, 0.2) is 5.16 Å². The van der Waals surface area contributed by atoms with Crippen molar-refractivity contribution in [3.8, 4) is 5.69 Å². The summed E-state index contributed by atoms with van der Waals surface area (Å²) in [6.45, 7) is 3.30. The third-order valence-electron chi connectivity index (χ3n) is 4.72. The fourth-order valence-electron chi connectivity index (χ4n) is 3.28. The highest BCUT2D eigenvalue weighted by molar-refractivity contribution is 8.00. The Morgan fingerprint density at radius 3 is 2.81 bits per heavy atom. The SMILES string of the molecule is C[C@H](Sc1nc2ccccc2n1-c1ccccc1)C(=O)NC[C@H]1CCCO1. The number of ether oxygens (including phenoxy) is 1. The number of rotatable bonds is 6. The van der Waals surface area contributed by atoms with Crippen molar-refractivity contribution in [3.63, 3.8) is 0 Å². The van der Waals surface area contributed by atoms with Gasteiger partial charge in [0.1, 0.15) is 0 Å². The molecule has 0 bridgehead atoms. The second-order valence-electron chi connectivity index (χ2n) is 6.69. The Morgan fingerprint density at radius 1 is 1.26 bits per heavy atom. The molecule has 3 aromatic rings. The van der Waals surface area contributed by atoms with Crippen LogP contribution in [0.2, 0.25) is 0 Å². The predicted molar refractivity (Wildman–Crippen MR) is 108 cm³/mol. The second-order valence-corrected chi connectivity index (χ2v) is 8.00. The molecule has 0 unspecified atom stereocenters. The van der Waals surface area contributed by atoms with Crippen molar-refractivity contribution in [1.29, 1.82) is 0 Å². The Bertz CT molecular complexity index is 920. The summed E-state index contributed by atoms with van der Waals surface area (Å²) in [5, 5.41) is 3.59. The van der Waals surface area contributed by atoms with Crippen molar-refractivity contribution < 1.29 is 9.53 Å². The Kier molecular flexibility index (Phi) is 5.45. The lowest BCUT2D eigenvalue weighted by atomic mass is 10.2. The first-order valence-electron chi connectivity index (χ1n) is 9.31. The molecular weight excluding hydrogens is 358 g/mol. The average molecular weight is 382 g/mol. The first-order valence-corrected chi connectivity index (χ1v) is 10.2. The summed E-state index contributed by atoms with van der Waals surface area (Å²) in [4.78, 5) is 17.3. The van der Waals surface area contributed by atoms with Crippen LogP contribution in [-0.4, -0.2) is 40.0 Å². The Balaban J connectivity index is 1.55. The van der Waals surface area contributed by atoms with Crippen LogP contribution in [-0.2, 0) is 9.53 Å². The number of thioether (sulfide) groups is 1. The van der Waals surface area contributed by atoms with Crippen LogP contribution < -0.4 is 5.32 Å². The summed E-state index contributed by atoms with van der Waals surface area (Å²) in [7, 11) is 0. The van der Waals surface area contributed by atoms with Crippen molar-refractivity contribution in [2.45, 2.75) is 36.3 Å². The van der Waals surface area contributed by atoms with Crippen molar-refractivity contribution in [2.24, 2.45) is 0 Å². The normalized spacial score (nSPS) is 17.9. The number of hydrogen-bond acceptors (Lipinski definition) is 4. The summed E-state index contributed by atoms with van der Waals surface area (Å²) in [5.41, 5.74) is 3.01. The predicted octanol–water partition coefficient (Wildman–Crippen LogP) is 3.80. The van der Waals surface area contributed by atoms with Gasteiger partial charge in [0.25, 0.3) is 0 Å². The van der Waals surface area contributed by atoms with Gasteiger partial charge in [0.2, 0.25) is 5.91 Å². The van der Waals surface area contributed by atoms with Crippen LogP contribution in [0.3, 0.4) is 0 Å². The molecule has 1 N–H and O–H groups in total. The molecule has 27 heavy (non-hydrogen) atoms. The second kappa shape index (κ2) is 8.15. The molecule has 0 aliphatic carbocycles. The van der Waals surface area contributed by atoms with Gasteiger partial charge in [-0.15, -0.1) is 0 Å². The van der Waals surface area contributed by atoms with Crippen molar-refractivity contribution >= 4 is 28.7 Å². The Morgan fingerprint density at radius 2 is 2.04 bits per heavy atom. The number of nitrogens with one attached hydrogen (secondary N) is 1. The summed E-state index contributed by atoms with van der Waals surface area (Å²) < 4.78 is 7.70. The van der Waals surface area contributed by atoms with E-state index in [1.54, 1.807) is 0 Å². The molecule has 1 amide bonds. The summed E-state index contributed by atoms with van der Waals surface area (Å²) in [6, 6.07) is 18.2. The Labute approximate surface area is 163 Å². The standard InChI is InChI=1S/C21H23N3O2S/c1-15(20(25)22-14-17-10-7-13-26-17)27-21-23-18-11-5-6-12-19(18)24(21)16-8-3-2-4-9-16/h2-6,8-9,11-12,15,17H,7,10,13-14H2,1H3,(H,22,25)/t15-,17+/m0/s1. The summed E-state index contributed by atoms with van der Waals surface area (Å²) in [5.74, 6) is 0.0159. The third kappa shape index (κ3) is 4.01. The molecule has 4 rings (SSSR count). The van der Waals surface area contributed by atoms with Gasteiger partial charge in [0, 0.05) is 18.8 Å². The van der Waals surface area contributed by atoms with Gasteiger partial charge >= 0.3 is 0 Å². The van der Waals surface area contributed by atoms with E-state index in [0.717, 1.165) is 41.3 Å². The number of fused-ring (bicyclic) bond motifs is 1. The minimum Gasteiger partial charge on any atom is -0.376 e. The van der Waals surface area contributed by atoms with Crippen LogP contribution in [0.1, 0.15) is 19.8 Å². The smallest absolute Gasteiger partial charge is 0.233 e. The van der Waals surface area contributed by atoms with E-state index in [-0.39, 0.29) is 17.3 Å². The quantitative estimate of drug-likeness (QED) is 0.660. The summed E-state index contributed by atoms with van der Waals surface area (Å²) >= 11 is 1.48. The van der Waals surface area contributed by atoms with E-state index in [2.05, 4.69) is 28.1 Å². The lowest BCUT2D eigenvalue weighted by Crippen LogP contribution is -2.36. The fraction of sp³-hybridized carbons (Fsp3) is 0.333. The van der Waals surface area contributed by atoms with E-state index in [1.165, 1.54) is 11.8 Å². The molecule has 0 radical (unpaired) electrons. The maximum Gasteiger partial charge on any atom is 0.233 e. The van der Waals surface area contributed by atoms with Crippen LogP contribution in [0.25, 0.3) is 16.7 Å². The molecule has 1 fully saturated rings. The van der Waals surface area contributed by atoms with Crippen LogP contribution in [0.15, 0.2) is 59.8 Å². The number of imidazole rings is 1. The molecule has 2 atom stereocenters. The van der Waals surface area contributed by atoms with Crippen LogP contribution in [0.4, 0.5) is 0 Å². The van der Waals surface area contributed by atoms with Gasteiger partial charge in [-0.05, 0) is 44.0 Å². The number of hydrogen-bond donors (Lipinski definition) is 1. The van der Waals surface area contributed by atoms with E-state index in [9.17, 15) is 4.79 Å². The molecule has 2 heterocycles. The zero-order valence-electron chi connectivity index (χ0n) is 15.3. The minimum absolute atomic E-state index is 0.0159. The third-order valence-corrected chi connectivity index (χ3v) is 5.78. The van der Waals surface area contributed by atoms with E-state index in [4.69, 9.17) is 9.72 Å². The Hall–Kier alpha value is -2.31. The first-order chi connectivity index (χ1) is 13.2. The first kappa shape index (κ1) is 18.1. The number of carbonyl (C=O) groups excluding carboxylic acids is 1. The zero-order valence-corrected chi connectivity index (χ0v) is 16.1. The number of amides is 1. The largest absolute Gasteiger partial charge is 0.376 e. The molecule has 0 saturated carbocycles. The van der Waals surface area contributed by atoms with Gasteiger partial charge in [-0.25, -0.2) is 4.98 Å². The minimum atomic E-state index is -0.245.